The average molecular weight is 300 g/mol. The zero-order valence-corrected chi connectivity index (χ0v) is 13.4. The second-order valence-corrected chi connectivity index (χ2v) is 5.94. The lowest BCUT2D eigenvalue weighted by Crippen LogP contribution is -2.22. The van der Waals surface area contributed by atoms with Crippen LogP contribution in [0.4, 0.5) is 0 Å². The molecule has 1 atom stereocenters. The van der Waals surface area contributed by atoms with Gasteiger partial charge in [0.2, 0.25) is 0 Å². The Kier molecular flexibility index (Phi) is 4.78. The minimum atomic E-state index is 0.386. The number of aryl methyl sites for hydroxylation is 1. The molecular formula is C18H24N2O2. The van der Waals surface area contributed by atoms with Crippen LogP contribution in [-0.2, 0) is 13.0 Å². The molecule has 2 aromatic rings. The number of methoxy groups -OCH3 is 1. The van der Waals surface area contributed by atoms with Crippen LogP contribution in [0.3, 0.4) is 0 Å². The van der Waals surface area contributed by atoms with E-state index < -0.39 is 0 Å². The fraction of sp³-hybridized carbons (Fsp3) is 0.500. The van der Waals surface area contributed by atoms with Gasteiger partial charge in [0, 0.05) is 19.0 Å². The molecule has 0 spiro atoms. The minimum Gasteiger partial charge on any atom is -0.497 e. The number of aromatic nitrogens is 1. The Balaban J connectivity index is 1.69. The summed E-state index contributed by atoms with van der Waals surface area (Å²) >= 11 is 0. The van der Waals surface area contributed by atoms with E-state index in [0.29, 0.717) is 6.04 Å². The maximum atomic E-state index is 5.45. The van der Waals surface area contributed by atoms with Crippen molar-refractivity contribution in [2.45, 2.75) is 45.2 Å². The van der Waals surface area contributed by atoms with Crippen molar-refractivity contribution in [3.8, 4) is 5.75 Å². The van der Waals surface area contributed by atoms with Gasteiger partial charge in [-0.2, -0.15) is 0 Å². The first kappa shape index (κ1) is 15.1. The van der Waals surface area contributed by atoms with Crippen LogP contribution in [-0.4, -0.2) is 23.7 Å². The van der Waals surface area contributed by atoms with Crippen molar-refractivity contribution in [3.05, 3.63) is 47.3 Å². The van der Waals surface area contributed by atoms with E-state index in [1.165, 1.54) is 12.0 Å². The van der Waals surface area contributed by atoms with Gasteiger partial charge in [0.1, 0.15) is 17.2 Å². The highest BCUT2D eigenvalue weighted by molar-refractivity contribution is 5.27. The van der Waals surface area contributed by atoms with Crippen LogP contribution in [0.25, 0.3) is 0 Å². The highest BCUT2D eigenvalue weighted by Crippen LogP contribution is 2.33. The molecule has 2 heterocycles. The first-order valence-corrected chi connectivity index (χ1v) is 8.12. The molecule has 0 aliphatic carbocycles. The Hall–Kier alpha value is -1.81. The van der Waals surface area contributed by atoms with Crippen molar-refractivity contribution in [2.75, 3.05) is 13.7 Å². The SMILES string of the molecule is CCCc1cc([C@H]2CCCN2Cc2ccc(OC)cc2)no1. The van der Waals surface area contributed by atoms with Gasteiger partial charge < -0.3 is 9.26 Å². The van der Waals surface area contributed by atoms with Gasteiger partial charge in [0.25, 0.3) is 0 Å². The zero-order chi connectivity index (χ0) is 15.4. The van der Waals surface area contributed by atoms with E-state index in [1.807, 2.05) is 12.1 Å². The molecule has 0 bridgehead atoms. The summed E-state index contributed by atoms with van der Waals surface area (Å²) in [4.78, 5) is 2.50. The molecule has 22 heavy (non-hydrogen) atoms. The van der Waals surface area contributed by atoms with Crippen molar-refractivity contribution < 1.29 is 9.26 Å². The zero-order valence-electron chi connectivity index (χ0n) is 13.4. The van der Waals surface area contributed by atoms with Crippen LogP contribution in [0.5, 0.6) is 5.75 Å². The van der Waals surface area contributed by atoms with E-state index in [2.05, 4.69) is 35.2 Å². The normalized spacial score (nSPS) is 18.7. The monoisotopic (exact) mass is 300 g/mol. The van der Waals surface area contributed by atoms with Gasteiger partial charge in [-0.1, -0.05) is 24.2 Å². The summed E-state index contributed by atoms with van der Waals surface area (Å²) in [6.45, 7) is 4.23. The van der Waals surface area contributed by atoms with E-state index in [-0.39, 0.29) is 0 Å². The summed E-state index contributed by atoms with van der Waals surface area (Å²) in [7, 11) is 1.70. The highest BCUT2D eigenvalue weighted by Gasteiger charge is 2.28. The van der Waals surface area contributed by atoms with Gasteiger partial charge in [-0.05, 0) is 43.5 Å². The summed E-state index contributed by atoms with van der Waals surface area (Å²) in [5, 5.41) is 4.30. The number of nitrogens with zero attached hydrogens (tertiary/aromatic N) is 2. The van der Waals surface area contributed by atoms with Gasteiger partial charge in [-0.3, -0.25) is 4.90 Å². The summed E-state index contributed by atoms with van der Waals surface area (Å²) in [6, 6.07) is 10.8. The lowest BCUT2D eigenvalue weighted by Gasteiger charge is -2.22. The Morgan fingerprint density at radius 2 is 2.14 bits per heavy atom. The number of benzene rings is 1. The number of ether oxygens (including phenoxy) is 1. The molecule has 1 aliphatic heterocycles. The van der Waals surface area contributed by atoms with Crippen LogP contribution >= 0.6 is 0 Å². The second-order valence-electron chi connectivity index (χ2n) is 5.94. The number of rotatable bonds is 6. The Labute approximate surface area is 132 Å². The summed E-state index contributed by atoms with van der Waals surface area (Å²) in [5.41, 5.74) is 2.40. The molecule has 0 radical (unpaired) electrons. The van der Waals surface area contributed by atoms with E-state index in [9.17, 15) is 0 Å². The first-order valence-electron chi connectivity index (χ1n) is 8.12. The number of likely N-dealkylation sites (tertiary alicyclic amines) is 1. The predicted molar refractivity (Wildman–Crippen MR) is 85.9 cm³/mol. The lowest BCUT2D eigenvalue weighted by atomic mass is 10.1. The summed E-state index contributed by atoms with van der Waals surface area (Å²) in [5.74, 6) is 1.91. The van der Waals surface area contributed by atoms with Crippen molar-refractivity contribution >= 4 is 0 Å². The molecule has 4 heteroatoms. The first-order chi connectivity index (χ1) is 10.8. The van der Waals surface area contributed by atoms with Crippen LogP contribution in [0, 0.1) is 0 Å². The van der Waals surface area contributed by atoms with Gasteiger partial charge in [0.05, 0.1) is 13.2 Å². The Bertz CT molecular complexity index is 591. The van der Waals surface area contributed by atoms with Crippen molar-refractivity contribution in [1.82, 2.24) is 10.1 Å². The van der Waals surface area contributed by atoms with Crippen molar-refractivity contribution in [1.29, 1.82) is 0 Å². The molecule has 1 saturated heterocycles. The van der Waals surface area contributed by atoms with E-state index in [1.54, 1.807) is 7.11 Å². The summed E-state index contributed by atoms with van der Waals surface area (Å²) < 4.78 is 10.7. The highest BCUT2D eigenvalue weighted by atomic mass is 16.5. The fourth-order valence-electron chi connectivity index (χ4n) is 3.17. The van der Waals surface area contributed by atoms with Gasteiger partial charge in [-0.15, -0.1) is 0 Å². The maximum absolute atomic E-state index is 5.45. The van der Waals surface area contributed by atoms with E-state index in [0.717, 1.165) is 49.6 Å². The second kappa shape index (κ2) is 6.97. The molecule has 0 unspecified atom stereocenters. The van der Waals surface area contributed by atoms with Gasteiger partial charge in [0.15, 0.2) is 0 Å². The van der Waals surface area contributed by atoms with Crippen LogP contribution in [0.1, 0.15) is 49.2 Å². The molecule has 1 aromatic heterocycles. The standard InChI is InChI=1S/C18H24N2O2/c1-3-5-16-12-17(19-22-16)18-6-4-11-20(18)13-14-7-9-15(21-2)10-8-14/h7-10,12,18H,3-6,11,13H2,1-2H3/t18-/m1/s1. The molecule has 1 fully saturated rings. The third kappa shape index (κ3) is 3.33. The third-order valence-electron chi connectivity index (χ3n) is 4.32. The molecule has 3 rings (SSSR count). The van der Waals surface area contributed by atoms with E-state index >= 15 is 0 Å². The number of hydrogen-bond acceptors (Lipinski definition) is 4. The fourth-order valence-corrected chi connectivity index (χ4v) is 3.17. The van der Waals surface area contributed by atoms with Crippen LogP contribution in [0.15, 0.2) is 34.9 Å². The molecule has 1 aliphatic rings. The predicted octanol–water partition coefficient (Wildman–Crippen LogP) is 3.97. The van der Waals surface area contributed by atoms with Crippen LogP contribution in [0.2, 0.25) is 0 Å². The third-order valence-corrected chi connectivity index (χ3v) is 4.32. The molecule has 1 aromatic carbocycles. The average Bonchev–Trinajstić information content (AvgIpc) is 3.17. The summed E-state index contributed by atoms with van der Waals surface area (Å²) in [6.07, 6.45) is 4.44. The Morgan fingerprint density at radius 1 is 1.32 bits per heavy atom. The van der Waals surface area contributed by atoms with Crippen LogP contribution < -0.4 is 4.74 Å². The van der Waals surface area contributed by atoms with Gasteiger partial charge in [-0.25, -0.2) is 0 Å². The topological polar surface area (TPSA) is 38.5 Å². The molecule has 0 N–H and O–H groups in total. The van der Waals surface area contributed by atoms with Crippen molar-refractivity contribution in [3.63, 3.8) is 0 Å². The molecule has 0 amide bonds. The Morgan fingerprint density at radius 3 is 2.86 bits per heavy atom. The minimum absolute atomic E-state index is 0.386. The van der Waals surface area contributed by atoms with E-state index in [4.69, 9.17) is 9.26 Å². The smallest absolute Gasteiger partial charge is 0.137 e. The molecule has 4 nitrogen and oxygen atoms in total. The quantitative estimate of drug-likeness (QED) is 0.809. The molecule has 118 valence electrons. The van der Waals surface area contributed by atoms with Gasteiger partial charge >= 0.3 is 0 Å². The van der Waals surface area contributed by atoms with Crippen molar-refractivity contribution in [2.24, 2.45) is 0 Å². The largest absolute Gasteiger partial charge is 0.497 e. The lowest BCUT2D eigenvalue weighted by molar-refractivity contribution is 0.236. The molecular weight excluding hydrogens is 276 g/mol. The maximum Gasteiger partial charge on any atom is 0.137 e. The molecule has 0 saturated carbocycles. The number of hydrogen-bond donors (Lipinski definition) is 0.